The minimum absolute atomic E-state index is 0.755. The fourth-order valence-electron chi connectivity index (χ4n) is 4.30. The van der Waals surface area contributed by atoms with Crippen LogP contribution in [-0.2, 0) is 6.42 Å². The van der Waals surface area contributed by atoms with E-state index in [1.807, 2.05) is 6.07 Å². The zero-order valence-electron chi connectivity index (χ0n) is 18.6. The molecule has 4 heteroatoms. The van der Waals surface area contributed by atoms with Crippen molar-refractivity contribution in [3.63, 3.8) is 0 Å². The number of hydrogen-bond acceptors (Lipinski definition) is 3. The molecule has 4 rings (SSSR count). The normalized spacial score (nSPS) is 11.2. The predicted molar refractivity (Wildman–Crippen MR) is 135 cm³/mol. The van der Waals surface area contributed by atoms with Gasteiger partial charge in [0, 0.05) is 0 Å². The van der Waals surface area contributed by atoms with Crippen molar-refractivity contribution in [2.45, 2.75) is 6.42 Å². The predicted octanol–water partition coefficient (Wildman–Crippen LogP) is 3.50. The van der Waals surface area contributed by atoms with Gasteiger partial charge in [-0.1, -0.05) is 97.1 Å². The van der Waals surface area contributed by atoms with E-state index < -0.39 is 8.24 Å². The van der Waals surface area contributed by atoms with E-state index in [9.17, 15) is 0 Å². The number of methoxy groups -OCH3 is 2. The Kier molecular flexibility index (Phi) is 7.05. The van der Waals surface area contributed by atoms with Gasteiger partial charge in [0.05, 0.1) is 14.2 Å². The Hall–Kier alpha value is -3.34. The van der Waals surface area contributed by atoms with Gasteiger partial charge in [-0.05, 0) is 46.2 Å². The van der Waals surface area contributed by atoms with Crippen molar-refractivity contribution in [1.29, 1.82) is 0 Å². The molecule has 0 bridgehead atoms. The van der Waals surface area contributed by atoms with Crippen LogP contribution in [0.2, 0.25) is 0 Å². The molecule has 0 aliphatic carbocycles. The van der Waals surface area contributed by atoms with Crippen LogP contribution in [0, 0.1) is 0 Å². The molecule has 0 atom stereocenters. The molecule has 0 amide bonds. The highest BCUT2D eigenvalue weighted by Gasteiger charge is 2.39. The maximum atomic E-state index is 5.50. The third-order valence-electron chi connectivity index (χ3n) is 5.87. The summed E-state index contributed by atoms with van der Waals surface area (Å²) < 4.78 is 10.9. The van der Waals surface area contributed by atoms with Gasteiger partial charge in [0.15, 0.2) is 11.5 Å². The van der Waals surface area contributed by atoms with Crippen molar-refractivity contribution < 1.29 is 9.47 Å². The lowest BCUT2D eigenvalue weighted by atomic mass is 10.1. The molecule has 0 saturated heterocycles. The van der Waals surface area contributed by atoms with Crippen LogP contribution in [0.5, 0.6) is 11.5 Å². The van der Waals surface area contributed by atoms with Crippen LogP contribution in [0.3, 0.4) is 0 Å². The summed E-state index contributed by atoms with van der Waals surface area (Å²) in [6.07, 6.45) is 0.890. The van der Waals surface area contributed by atoms with E-state index in [1.165, 1.54) is 21.1 Å². The summed E-state index contributed by atoms with van der Waals surface area (Å²) in [5.41, 5.74) is 1.22. The summed E-state index contributed by atoms with van der Waals surface area (Å²) >= 11 is 0. The smallest absolute Gasteiger partial charge is 0.222 e. The molecule has 0 saturated carbocycles. The molecule has 4 aromatic carbocycles. The lowest BCUT2D eigenvalue weighted by Gasteiger charge is -2.34. The number of ether oxygens (including phenoxy) is 2. The van der Waals surface area contributed by atoms with Gasteiger partial charge >= 0.3 is 0 Å². The van der Waals surface area contributed by atoms with Gasteiger partial charge in [0.25, 0.3) is 0 Å². The SMILES string of the molecule is COc1ccc(CCN[Si](c2ccccc2)(c2ccccc2)c2ccccc2)cc1OC. The summed E-state index contributed by atoms with van der Waals surface area (Å²) in [6, 6.07) is 38.8. The molecule has 1 N–H and O–H groups in total. The van der Waals surface area contributed by atoms with Crippen LogP contribution in [0.4, 0.5) is 0 Å². The second-order valence-corrected chi connectivity index (χ2v) is 11.3. The van der Waals surface area contributed by atoms with Crippen molar-refractivity contribution in [3.8, 4) is 11.5 Å². The van der Waals surface area contributed by atoms with E-state index in [0.717, 1.165) is 24.5 Å². The highest BCUT2D eigenvalue weighted by atomic mass is 28.3. The molecule has 4 aromatic rings. The molecule has 0 fully saturated rings. The summed E-state index contributed by atoms with van der Waals surface area (Å²) in [5.74, 6) is 1.52. The Morgan fingerprint density at radius 3 is 1.50 bits per heavy atom. The Morgan fingerprint density at radius 1 is 0.594 bits per heavy atom. The second-order valence-electron chi connectivity index (χ2n) is 7.71. The van der Waals surface area contributed by atoms with Gasteiger partial charge in [-0.2, -0.15) is 0 Å². The van der Waals surface area contributed by atoms with Crippen molar-refractivity contribution in [2.75, 3.05) is 20.8 Å². The summed E-state index contributed by atoms with van der Waals surface area (Å²) in [6.45, 7) is 0.848. The molecule has 0 aliphatic heterocycles. The van der Waals surface area contributed by atoms with Crippen LogP contribution in [-0.4, -0.2) is 29.0 Å². The molecule has 0 spiro atoms. The second kappa shape index (κ2) is 10.3. The van der Waals surface area contributed by atoms with E-state index in [-0.39, 0.29) is 0 Å². The molecule has 0 aliphatic rings. The molecular formula is C28H29NO2Si. The van der Waals surface area contributed by atoms with Gasteiger partial charge in [-0.25, -0.2) is 0 Å². The average Bonchev–Trinajstić information content (AvgIpc) is 2.88. The average molecular weight is 440 g/mol. The van der Waals surface area contributed by atoms with E-state index in [0.29, 0.717) is 0 Å². The van der Waals surface area contributed by atoms with Crippen LogP contribution in [0.15, 0.2) is 109 Å². The Bertz CT molecular complexity index is 1020. The van der Waals surface area contributed by atoms with Crippen molar-refractivity contribution in [1.82, 2.24) is 4.98 Å². The fraction of sp³-hybridized carbons (Fsp3) is 0.143. The van der Waals surface area contributed by atoms with Gasteiger partial charge in [0.2, 0.25) is 8.24 Å². The Balaban J connectivity index is 1.72. The van der Waals surface area contributed by atoms with Gasteiger partial charge in [-0.3, -0.25) is 0 Å². The molecular weight excluding hydrogens is 410 g/mol. The van der Waals surface area contributed by atoms with E-state index in [1.54, 1.807) is 14.2 Å². The number of benzene rings is 4. The lowest BCUT2D eigenvalue weighted by Crippen LogP contribution is -2.76. The Morgan fingerprint density at radius 2 is 1.06 bits per heavy atom. The molecule has 0 radical (unpaired) electrons. The van der Waals surface area contributed by atoms with Gasteiger partial charge in [0.1, 0.15) is 0 Å². The molecule has 3 nitrogen and oxygen atoms in total. The zero-order valence-corrected chi connectivity index (χ0v) is 19.6. The standard InChI is InChI=1S/C28H29NO2Si/c1-30-27-19-18-23(22-28(27)31-2)20-21-29-32(24-12-6-3-7-13-24,25-14-8-4-9-15-25)26-16-10-5-11-17-26/h3-19,22,29H,20-21H2,1-2H3. The van der Waals surface area contributed by atoms with Crippen LogP contribution >= 0.6 is 0 Å². The third-order valence-corrected chi connectivity index (χ3v) is 10.3. The quantitative estimate of drug-likeness (QED) is 0.320. The van der Waals surface area contributed by atoms with E-state index in [4.69, 9.17) is 9.47 Å². The van der Waals surface area contributed by atoms with Crippen LogP contribution in [0.1, 0.15) is 5.56 Å². The zero-order chi connectivity index (χ0) is 22.2. The molecule has 0 heterocycles. The molecule has 0 aromatic heterocycles. The number of rotatable bonds is 9. The number of nitrogens with one attached hydrogen (secondary N) is 1. The highest BCUT2D eigenvalue weighted by molar-refractivity contribution is 7.09. The highest BCUT2D eigenvalue weighted by Crippen LogP contribution is 2.27. The first-order chi connectivity index (χ1) is 15.8. The van der Waals surface area contributed by atoms with Crippen LogP contribution in [0.25, 0.3) is 0 Å². The molecule has 0 unspecified atom stereocenters. The third kappa shape index (κ3) is 4.47. The van der Waals surface area contributed by atoms with E-state index >= 15 is 0 Å². The minimum atomic E-state index is -2.42. The van der Waals surface area contributed by atoms with E-state index in [2.05, 4.69) is 108 Å². The largest absolute Gasteiger partial charge is 0.493 e. The van der Waals surface area contributed by atoms with Crippen molar-refractivity contribution in [2.24, 2.45) is 0 Å². The fourth-order valence-corrected chi connectivity index (χ4v) is 8.49. The van der Waals surface area contributed by atoms with Crippen molar-refractivity contribution in [3.05, 3.63) is 115 Å². The maximum absolute atomic E-state index is 5.50. The summed E-state index contributed by atoms with van der Waals surface area (Å²) in [5, 5.41) is 4.05. The first-order valence-electron chi connectivity index (χ1n) is 10.9. The Labute approximate surface area is 191 Å². The first kappa shape index (κ1) is 21.9. The first-order valence-corrected chi connectivity index (χ1v) is 12.9. The molecule has 162 valence electrons. The monoisotopic (exact) mass is 439 g/mol. The maximum Gasteiger partial charge on any atom is 0.222 e. The molecule has 32 heavy (non-hydrogen) atoms. The van der Waals surface area contributed by atoms with Crippen LogP contribution < -0.4 is 30.0 Å². The van der Waals surface area contributed by atoms with Gasteiger partial charge < -0.3 is 14.5 Å². The number of hydrogen-bond donors (Lipinski definition) is 1. The lowest BCUT2D eigenvalue weighted by molar-refractivity contribution is 0.354. The minimum Gasteiger partial charge on any atom is -0.493 e. The van der Waals surface area contributed by atoms with Crippen molar-refractivity contribution >= 4 is 23.8 Å². The van der Waals surface area contributed by atoms with Gasteiger partial charge in [-0.15, -0.1) is 0 Å². The summed E-state index contributed by atoms with van der Waals surface area (Å²) in [7, 11) is 0.921. The summed E-state index contributed by atoms with van der Waals surface area (Å²) in [4.78, 5) is 4.06. The topological polar surface area (TPSA) is 30.5 Å².